The lowest BCUT2D eigenvalue weighted by Gasteiger charge is -2.07. The lowest BCUT2D eigenvalue weighted by Crippen LogP contribution is -2.28. The monoisotopic (exact) mass is 443 g/mol. The number of benzene rings is 2. The Labute approximate surface area is 185 Å². The summed E-state index contributed by atoms with van der Waals surface area (Å²) in [6.45, 7) is 1.67. The van der Waals surface area contributed by atoms with Crippen molar-refractivity contribution in [3.63, 3.8) is 0 Å². The number of halogens is 1. The van der Waals surface area contributed by atoms with Gasteiger partial charge in [0.05, 0.1) is 12.3 Å². The molecule has 1 aromatic heterocycles. The van der Waals surface area contributed by atoms with Crippen molar-refractivity contribution in [3.05, 3.63) is 65.3 Å². The number of nitrogens with one attached hydrogen (secondary N) is 2. The second-order valence-corrected chi connectivity index (χ2v) is 7.87. The van der Waals surface area contributed by atoms with E-state index in [-0.39, 0.29) is 30.7 Å². The smallest absolute Gasteiger partial charge is 0.246 e. The molecule has 0 aliphatic rings. The largest absolute Gasteiger partial charge is 0.507 e. The number of phenols is 1. The van der Waals surface area contributed by atoms with E-state index in [1.54, 1.807) is 24.3 Å². The molecule has 0 atom stereocenters. The second kappa shape index (κ2) is 12.0. The molecular weight excluding hydrogens is 417 g/mol. The number of phenolic OH excluding ortho intramolecular Hbond substituents is 1. The molecule has 8 heteroatoms. The van der Waals surface area contributed by atoms with Crippen LogP contribution < -0.4 is 10.6 Å². The Morgan fingerprint density at radius 2 is 1.84 bits per heavy atom. The van der Waals surface area contributed by atoms with Crippen molar-refractivity contribution in [1.29, 1.82) is 0 Å². The molecule has 0 spiro atoms. The summed E-state index contributed by atoms with van der Waals surface area (Å²) in [5.41, 5.74) is 2.31. The molecule has 1 heterocycles. The number of unbranched alkanes of at least 4 members (excludes halogenated alkanes) is 2. The molecule has 31 heavy (non-hydrogen) atoms. The van der Waals surface area contributed by atoms with Gasteiger partial charge in [0.25, 0.3) is 0 Å². The van der Waals surface area contributed by atoms with E-state index in [2.05, 4.69) is 15.6 Å². The van der Waals surface area contributed by atoms with E-state index < -0.39 is 0 Å². The van der Waals surface area contributed by atoms with Crippen molar-refractivity contribution < 1.29 is 19.0 Å². The molecule has 0 saturated carbocycles. The summed E-state index contributed by atoms with van der Waals surface area (Å²) in [5, 5.41) is 18.8. The lowest BCUT2D eigenvalue weighted by molar-refractivity contribution is -0.126. The molecule has 0 bridgehead atoms. The first-order chi connectivity index (χ1) is 15.1. The van der Waals surface area contributed by atoms with E-state index in [0.29, 0.717) is 6.54 Å². The predicted molar refractivity (Wildman–Crippen MR) is 121 cm³/mol. The minimum Gasteiger partial charge on any atom is -0.507 e. The van der Waals surface area contributed by atoms with Crippen LogP contribution >= 0.6 is 11.3 Å². The quantitative estimate of drug-likeness (QED) is 0.357. The Hall–Kier alpha value is -2.97. The van der Waals surface area contributed by atoms with E-state index in [9.17, 15) is 14.3 Å². The summed E-state index contributed by atoms with van der Waals surface area (Å²) in [7, 11) is 0. The number of para-hydroxylation sites is 1. The molecule has 3 rings (SSSR count). The normalized spacial score (nSPS) is 10.7. The number of anilines is 1. The van der Waals surface area contributed by atoms with Gasteiger partial charge in [-0.3, -0.25) is 4.79 Å². The zero-order chi connectivity index (χ0) is 21.9. The third-order valence-electron chi connectivity index (χ3n) is 4.55. The highest BCUT2D eigenvalue weighted by Gasteiger charge is 2.08. The minimum absolute atomic E-state index is 0.0116. The van der Waals surface area contributed by atoms with Crippen LogP contribution in [0.4, 0.5) is 9.52 Å². The number of nitrogens with zero attached hydrogens (tertiary/aromatic N) is 1. The van der Waals surface area contributed by atoms with Crippen molar-refractivity contribution in [2.24, 2.45) is 0 Å². The first kappa shape index (κ1) is 22.7. The molecule has 6 nitrogen and oxygen atoms in total. The number of amides is 1. The molecule has 164 valence electrons. The fourth-order valence-electron chi connectivity index (χ4n) is 2.91. The molecule has 1 amide bonds. The first-order valence-electron chi connectivity index (χ1n) is 10.2. The number of hydrogen-bond donors (Lipinski definition) is 3. The number of carbonyl (C=O) groups excluding carboxylic acids is 1. The molecule has 0 fully saturated rings. The number of aromatic hydroxyl groups is 1. The van der Waals surface area contributed by atoms with Crippen molar-refractivity contribution >= 4 is 22.4 Å². The first-order valence-corrected chi connectivity index (χ1v) is 11.1. The fraction of sp³-hybridized carbons (Fsp3) is 0.304. The van der Waals surface area contributed by atoms with Crippen LogP contribution in [0.2, 0.25) is 0 Å². The Kier molecular flexibility index (Phi) is 8.81. The van der Waals surface area contributed by atoms with Gasteiger partial charge in [0.2, 0.25) is 5.91 Å². The fourth-order valence-corrected chi connectivity index (χ4v) is 3.65. The van der Waals surface area contributed by atoms with Crippen LogP contribution in [0.25, 0.3) is 11.3 Å². The number of ether oxygens (including phenoxy) is 1. The number of carbonyl (C=O) groups is 1. The standard InChI is InChI=1S/C23H26FN3O3S/c24-18-10-8-17(9-11-18)14-30-15-22(29)25-12-4-1-5-13-26-23-27-20(16-31-23)19-6-2-3-7-21(19)28/h2-3,6-11,16,28H,1,4-5,12-15H2,(H,25,29)(H,26,27). The number of thiazole rings is 1. The third-order valence-corrected chi connectivity index (χ3v) is 5.35. The van der Waals surface area contributed by atoms with Crippen LogP contribution in [0.15, 0.2) is 53.9 Å². The van der Waals surface area contributed by atoms with E-state index >= 15 is 0 Å². The molecule has 0 unspecified atom stereocenters. The minimum atomic E-state index is -0.291. The van der Waals surface area contributed by atoms with Gasteiger partial charge in [0, 0.05) is 24.0 Å². The summed E-state index contributed by atoms with van der Waals surface area (Å²) in [6.07, 6.45) is 2.82. The molecule has 3 aromatic rings. The molecule has 2 aromatic carbocycles. The number of rotatable bonds is 12. The van der Waals surface area contributed by atoms with Crippen molar-refractivity contribution in [3.8, 4) is 17.0 Å². The van der Waals surface area contributed by atoms with E-state index in [0.717, 1.165) is 47.8 Å². The maximum atomic E-state index is 12.8. The topological polar surface area (TPSA) is 83.5 Å². The van der Waals surface area contributed by atoms with Gasteiger partial charge in [-0.15, -0.1) is 11.3 Å². The van der Waals surface area contributed by atoms with Gasteiger partial charge >= 0.3 is 0 Å². The summed E-state index contributed by atoms with van der Waals surface area (Å²) in [6, 6.07) is 13.2. The van der Waals surface area contributed by atoms with Crippen molar-refractivity contribution in [2.75, 3.05) is 25.0 Å². The zero-order valence-electron chi connectivity index (χ0n) is 17.1. The second-order valence-electron chi connectivity index (χ2n) is 7.01. The average molecular weight is 444 g/mol. The summed E-state index contributed by atoms with van der Waals surface area (Å²) in [5.74, 6) is -0.220. The number of hydrogen-bond acceptors (Lipinski definition) is 6. The molecule has 0 radical (unpaired) electrons. The van der Waals surface area contributed by atoms with Gasteiger partial charge in [-0.25, -0.2) is 9.37 Å². The maximum Gasteiger partial charge on any atom is 0.246 e. The van der Waals surface area contributed by atoms with Crippen LogP contribution in [-0.4, -0.2) is 35.7 Å². The van der Waals surface area contributed by atoms with Crippen LogP contribution in [-0.2, 0) is 16.1 Å². The van der Waals surface area contributed by atoms with Gasteiger partial charge in [0.15, 0.2) is 5.13 Å². The Morgan fingerprint density at radius 3 is 2.65 bits per heavy atom. The molecule has 0 aliphatic carbocycles. The third kappa shape index (κ3) is 7.66. The van der Waals surface area contributed by atoms with Gasteiger partial charge in [-0.1, -0.05) is 24.3 Å². The average Bonchev–Trinajstić information content (AvgIpc) is 3.23. The van der Waals surface area contributed by atoms with Crippen LogP contribution in [0, 0.1) is 5.82 Å². The van der Waals surface area contributed by atoms with Crippen LogP contribution in [0.3, 0.4) is 0 Å². The summed E-state index contributed by atoms with van der Waals surface area (Å²) in [4.78, 5) is 16.3. The highest BCUT2D eigenvalue weighted by molar-refractivity contribution is 7.14. The van der Waals surface area contributed by atoms with Gasteiger partial charge in [-0.2, -0.15) is 0 Å². The van der Waals surface area contributed by atoms with Crippen LogP contribution in [0.5, 0.6) is 5.75 Å². The molecular formula is C23H26FN3O3S. The Bertz CT molecular complexity index is 963. The zero-order valence-corrected chi connectivity index (χ0v) is 18.0. The SMILES string of the molecule is O=C(COCc1ccc(F)cc1)NCCCCCNc1nc(-c2ccccc2O)cs1. The Morgan fingerprint density at radius 1 is 1.06 bits per heavy atom. The molecule has 3 N–H and O–H groups in total. The summed E-state index contributed by atoms with van der Waals surface area (Å²) < 4.78 is 18.2. The van der Waals surface area contributed by atoms with Crippen LogP contribution in [0.1, 0.15) is 24.8 Å². The van der Waals surface area contributed by atoms with Gasteiger partial charge in [0.1, 0.15) is 18.2 Å². The molecule has 0 saturated heterocycles. The maximum absolute atomic E-state index is 12.8. The predicted octanol–water partition coefficient (Wildman–Crippen LogP) is 4.57. The number of aromatic nitrogens is 1. The highest BCUT2D eigenvalue weighted by atomic mass is 32.1. The van der Waals surface area contributed by atoms with E-state index in [4.69, 9.17) is 4.74 Å². The summed E-state index contributed by atoms with van der Waals surface area (Å²) >= 11 is 1.51. The lowest BCUT2D eigenvalue weighted by atomic mass is 10.1. The van der Waals surface area contributed by atoms with Crippen molar-refractivity contribution in [2.45, 2.75) is 25.9 Å². The Balaban J connectivity index is 1.22. The van der Waals surface area contributed by atoms with E-state index in [1.165, 1.54) is 23.5 Å². The molecule has 0 aliphatic heterocycles. The van der Waals surface area contributed by atoms with Gasteiger partial charge in [-0.05, 0) is 49.1 Å². The van der Waals surface area contributed by atoms with Crippen molar-refractivity contribution in [1.82, 2.24) is 10.3 Å². The van der Waals surface area contributed by atoms with E-state index in [1.807, 2.05) is 17.5 Å². The highest BCUT2D eigenvalue weighted by Crippen LogP contribution is 2.31. The van der Waals surface area contributed by atoms with Gasteiger partial charge < -0.3 is 20.5 Å².